The fourth-order valence-electron chi connectivity index (χ4n) is 4.88. The van der Waals surface area contributed by atoms with Gasteiger partial charge in [-0.15, -0.1) is 0 Å². The van der Waals surface area contributed by atoms with Crippen LogP contribution in [0.1, 0.15) is 42.7 Å². The van der Waals surface area contributed by atoms with Crippen molar-refractivity contribution in [3.63, 3.8) is 0 Å². The summed E-state index contributed by atoms with van der Waals surface area (Å²) in [7, 11) is 0. The molecule has 2 aliphatic heterocycles. The normalized spacial score (nSPS) is 24.0. The first-order valence-corrected chi connectivity index (χ1v) is 10.7. The maximum atomic E-state index is 14.7. The molecule has 1 amide bonds. The zero-order chi connectivity index (χ0) is 21.8. The van der Waals surface area contributed by atoms with Gasteiger partial charge in [-0.2, -0.15) is 0 Å². The summed E-state index contributed by atoms with van der Waals surface area (Å²) < 4.78 is 19.9. The minimum absolute atomic E-state index is 0.0422. The smallest absolute Gasteiger partial charge is 0.341 e. The van der Waals surface area contributed by atoms with E-state index in [1.54, 1.807) is 18.2 Å². The maximum absolute atomic E-state index is 14.7. The van der Waals surface area contributed by atoms with Gasteiger partial charge in [0, 0.05) is 32.0 Å². The number of hydrogen-bond acceptors (Lipinski definition) is 4. The number of carbonyl (C=O) groups is 2. The Labute approximate surface area is 181 Å². The lowest BCUT2D eigenvalue weighted by molar-refractivity contribution is -0.139. The highest BCUT2D eigenvalue weighted by Gasteiger charge is 2.49. The summed E-state index contributed by atoms with van der Waals surface area (Å²) in [5.74, 6) is -0.818. The van der Waals surface area contributed by atoms with Crippen LogP contribution in [0.15, 0.2) is 48.5 Å². The monoisotopic (exact) mass is 426 g/mol. The largest absolute Gasteiger partial charge is 0.482 e. The van der Waals surface area contributed by atoms with Crippen molar-refractivity contribution in [1.29, 1.82) is 0 Å². The van der Waals surface area contributed by atoms with E-state index in [0.29, 0.717) is 37.4 Å². The molecule has 0 aliphatic carbocycles. The van der Waals surface area contributed by atoms with Gasteiger partial charge in [-0.3, -0.25) is 9.69 Å². The van der Waals surface area contributed by atoms with Crippen molar-refractivity contribution in [2.45, 2.75) is 43.7 Å². The molecule has 0 aromatic heterocycles. The lowest BCUT2D eigenvalue weighted by Gasteiger charge is -2.35. The Kier molecular flexibility index (Phi) is 6.23. The van der Waals surface area contributed by atoms with Gasteiger partial charge in [0.25, 0.3) is 0 Å². The van der Waals surface area contributed by atoms with E-state index in [1.165, 1.54) is 6.07 Å². The molecule has 2 saturated heterocycles. The van der Waals surface area contributed by atoms with Gasteiger partial charge in [-0.25, -0.2) is 9.18 Å². The molecule has 6 nitrogen and oxygen atoms in total. The molecule has 2 fully saturated rings. The number of carboxylic acids is 1. The van der Waals surface area contributed by atoms with Gasteiger partial charge in [-0.1, -0.05) is 36.8 Å². The molecule has 1 spiro atoms. The van der Waals surface area contributed by atoms with Crippen LogP contribution in [0.4, 0.5) is 4.39 Å². The molecule has 2 aliphatic rings. The van der Waals surface area contributed by atoms with E-state index in [9.17, 15) is 14.0 Å². The Morgan fingerprint density at radius 1 is 1.19 bits per heavy atom. The number of likely N-dealkylation sites (tertiary alicyclic amines) is 1. The molecule has 0 bridgehead atoms. The number of halogens is 1. The number of aliphatic carboxylic acids is 1. The summed E-state index contributed by atoms with van der Waals surface area (Å²) in [5.41, 5.74) is 1.23. The minimum atomic E-state index is -1.02. The lowest BCUT2D eigenvalue weighted by Crippen LogP contribution is -2.52. The first-order chi connectivity index (χ1) is 14.9. The highest BCUT2D eigenvalue weighted by molar-refractivity contribution is 5.77. The van der Waals surface area contributed by atoms with Crippen molar-refractivity contribution >= 4 is 11.9 Å². The molecule has 4 rings (SSSR count). The predicted molar refractivity (Wildman–Crippen MR) is 113 cm³/mol. The van der Waals surface area contributed by atoms with Crippen LogP contribution in [0.2, 0.25) is 0 Å². The second-order valence-corrected chi connectivity index (χ2v) is 8.48. The van der Waals surface area contributed by atoms with E-state index in [-0.39, 0.29) is 24.2 Å². The number of rotatable bonds is 6. The third kappa shape index (κ3) is 4.88. The third-order valence-corrected chi connectivity index (χ3v) is 6.25. The molecule has 0 unspecified atom stereocenters. The number of amides is 1. The van der Waals surface area contributed by atoms with Crippen LogP contribution >= 0.6 is 0 Å². The molecular weight excluding hydrogens is 399 g/mol. The summed E-state index contributed by atoms with van der Waals surface area (Å²) >= 11 is 0. The third-order valence-electron chi connectivity index (χ3n) is 6.25. The Morgan fingerprint density at radius 2 is 1.97 bits per heavy atom. The Hall–Kier alpha value is -2.93. The lowest BCUT2D eigenvalue weighted by atomic mass is 9.78. The summed E-state index contributed by atoms with van der Waals surface area (Å²) in [6.07, 6.45) is 3.14. The van der Waals surface area contributed by atoms with Crippen molar-refractivity contribution in [1.82, 2.24) is 10.2 Å². The first-order valence-electron chi connectivity index (χ1n) is 10.7. The van der Waals surface area contributed by atoms with E-state index in [0.717, 1.165) is 24.8 Å². The predicted octanol–water partition coefficient (Wildman–Crippen LogP) is 3.32. The average Bonchev–Trinajstić information content (AvgIpc) is 2.96. The van der Waals surface area contributed by atoms with Crippen LogP contribution in [-0.4, -0.2) is 47.1 Å². The Bertz CT molecular complexity index is 949. The second-order valence-electron chi connectivity index (χ2n) is 8.48. The number of carboxylic acid groups (broad SMARTS) is 1. The van der Waals surface area contributed by atoms with Gasteiger partial charge >= 0.3 is 5.97 Å². The van der Waals surface area contributed by atoms with Gasteiger partial charge < -0.3 is 15.2 Å². The number of benzene rings is 2. The van der Waals surface area contributed by atoms with E-state index in [2.05, 4.69) is 10.2 Å². The van der Waals surface area contributed by atoms with Gasteiger partial charge in [-0.05, 0) is 42.2 Å². The first kappa shape index (κ1) is 21.3. The molecule has 164 valence electrons. The van der Waals surface area contributed by atoms with E-state index in [1.807, 2.05) is 24.3 Å². The van der Waals surface area contributed by atoms with Crippen LogP contribution in [0, 0.1) is 5.82 Å². The fourth-order valence-corrected chi connectivity index (χ4v) is 4.88. The van der Waals surface area contributed by atoms with Crippen LogP contribution < -0.4 is 10.1 Å². The zero-order valence-electron chi connectivity index (χ0n) is 17.4. The van der Waals surface area contributed by atoms with Crippen LogP contribution in [-0.2, 0) is 16.1 Å². The molecular formula is C24H27FN2O4. The summed E-state index contributed by atoms with van der Waals surface area (Å²) in [4.78, 5) is 25.3. The van der Waals surface area contributed by atoms with E-state index in [4.69, 9.17) is 9.84 Å². The van der Waals surface area contributed by atoms with E-state index < -0.39 is 11.5 Å². The number of nitrogens with zero attached hydrogens (tertiary/aromatic N) is 1. The molecule has 7 heteroatoms. The van der Waals surface area contributed by atoms with Crippen molar-refractivity contribution in [2.75, 3.05) is 19.7 Å². The molecule has 0 saturated carbocycles. The standard InChI is InChI=1S/C24H27FN2O4/c25-21-6-2-1-5-19(21)20-14-27(16-24(20)12-4-3-7-22(28)26-24)13-17-8-10-18(11-9-17)31-15-23(29)30/h1-2,5-6,8-11,20H,3-4,7,12-16H2,(H,26,28)(H,29,30)/t20-,24+/m0/s1. The zero-order valence-corrected chi connectivity index (χ0v) is 17.4. The molecule has 2 aromatic rings. The molecule has 2 heterocycles. The molecule has 2 atom stereocenters. The Balaban J connectivity index is 1.54. The Morgan fingerprint density at radius 3 is 2.71 bits per heavy atom. The average molecular weight is 426 g/mol. The quantitative estimate of drug-likeness (QED) is 0.741. The highest BCUT2D eigenvalue weighted by Crippen LogP contribution is 2.42. The van der Waals surface area contributed by atoms with Gasteiger partial charge in [0.2, 0.25) is 5.91 Å². The van der Waals surface area contributed by atoms with E-state index >= 15 is 0 Å². The van der Waals surface area contributed by atoms with Gasteiger partial charge in [0.1, 0.15) is 11.6 Å². The topological polar surface area (TPSA) is 78.9 Å². The summed E-state index contributed by atoms with van der Waals surface area (Å²) in [6, 6.07) is 14.2. The molecule has 0 radical (unpaired) electrons. The molecule has 31 heavy (non-hydrogen) atoms. The van der Waals surface area contributed by atoms with Crippen LogP contribution in [0.3, 0.4) is 0 Å². The van der Waals surface area contributed by atoms with Crippen molar-refractivity contribution in [3.05, 3.63) is 65.5 Å². The number of ether oxygens (including phenoxy) is 1. The van der Waals surface area contributed by atoms with Gasteiger partial charge in [0.15, 0.2) is 6.61 Å². The summed E-state index contributed by atoms with van der Waals surface area (Å²) in [5, 5.41) is 12.0. The SMILES string of the molecule is O=C(O)COc1ccc(CN2C[C@@H](c3ccccc3F)[C@@]3(CCCCC(=O)N3)C2)cc1. The van der Waals surface area contributed by atoms with Crippen molar-refractivity contribution in [3.8, 4) is 5.75 Å². The van der Waals surface area contributed by atoms with Crippen molar-refractivity contribution < 1.29 is 23.8 Å². The maximum Gasteiger partial charge on any atom is 0.341 e. The van der Waals surface area contributed by atoms with Crippen LogP contribution in [0.5, 0.6) is 5.75 Å². The number of nitrogens with one attached hydrogen (secondary N) is 1. The van der Waals surface area contributed by atoms with Crippen LogP contribution in [0.25, 0.3) is 0 Å². The van der Waals surface area contributed by atoms with Gasteiger partial charge in [0.05, 0.1) is 5.54 Å². The fraction of sp³-hybridized carbons (Fsp3) is 0.417. The number of carbonyl (C=O) groups excluding carboxylic acids is 1. The van der Waals surface area contributed by atoms with Crippen molar-refractivity contribution in [2.24, 2.45) is 0 Å². The summed E-state index contributed by atoms with van der Waals surface area (Å²) in [6.45, 7) is 1.59. The molecule has 2 aromatic carbocycles. The minimum Gasteiger partial charge on any atom is -0.482 e. The highest BCUT2D eigenvalue weighted by atomic mass is 19.1. The number of hydrogen-bond donors (Lipinski definition) is 2. The second kappa shape index (κ2) is 9.06. The molecule has 2 N–H and O–H groups in total.